The van der Waals surface area contributed by atoms with Crippen molar-refractivity contribution in [3.63, 3.8) is 0 Å². The molecule has 1 heterocycles. The third kappa shape index (κ3) is 5.54. The summed E-state index contributed by atoms with van der Waals surface area (Å²) in [5.74, 6) is -2.88. The van der Waals surface area contributed by atoms with Crippen LogP contribution >= 0.6 is 11.8 Å². The Kier molecular flexibility index (Phi) is 7.29. The zero-order chi connectivity index (χ0) is 23.3. The van der Waals surface area contributed by atoms with Gasteiger partial charge in [-0.05, 0) is 30.9 Å². The monoisotopic (exact) mass is 454 g/mol. The molecule has 0 saturated carbocycles. The van der Waals surface area contributed by atoms with Gasteiger partial charge in [-0.3, -0.25) is 4.79 Å². The highest BCUT2D eigenvalue weighted by Gasteiger charge is 2.35. The number of hydrogen-bond acceptors (Lipinski definition) is 8. The molecule has 31 heavy (non-hydrogen) atoms. The van der Waals surface area contributed by atoms with Crippen molar-refractivity contribution in [2.24, 2.45) is 5.73 Å². The highest BCUT2D eigenvalue weighted by atomic mass is 32.2. The molecule has 1 aromatic heterocycles. The highest BCUT2D eigenvalue weighted by molar-refractivity contribution is 7.98. The van der Waals surface area contributed by atoms with Crippen LogP contribution in [0.15, 0.2) is 29.3 Å². The van der Waals surface area contributed by atoms with Crippen molar-refractivity contribution in [1.29, 1.82) is 5.26 Å². The second kappa shape index (κ2) is 9.52. The Bertz CT molecular complexity index is 1040. The van der Waals surface area contributed by atoms with Crippen LogP contribution in [0.5, 0.6) is 0 Å². The predicted molar refractivity (Wildman–Crippen MR) is 106 cm³/mol. The van der Waals surface area contributed by atoms with Gasteiger partial charge in [0.1, 0.15) is 22.7 Å². The normalized spacial score (nSPS) is 12.1. The lowest BCUT2D eigenvalue weighted by Crippen LogP contribution is -2.40. The number of rotatable bonds is 8. The fourth-order valence-corrected chi connectivity index (χ4v) is 3.31. The van der Waals surface area contributed by atoms with E-state index in [0.29, 0.717) is 0 Å². The van der Waals surface area contributed by atoms with Crippen LogP contribution in [0, 0.1) is 11.3 Å². The van der Waals surface area contributed by atoms with Gasteiger partial charge in [-0.1, -0.05) is 6.07 Å². The Morgan fingerprint density at radius 1 is 1.35 bits per heavy atom. The molecule has 0 fully saturated rings. The fourth-order valence-electron chi connectivity index (χ4n) is 2.79. The van der Waals surface area contributed by atoms with Crippen LogP contribution in [-0.2, 0) is 15.8 Å². The number of carbonyl (C=O) groups excluding carboxylic acids is 1. The summed E-state index contributed by atoms with van der Waals surface area (Å²) >= 11 is 1.02. The second-order valence-electron chi connectivity index (χ2n) is 6.18. The molecule has 1 atom stereocenters. The number of aromatic nitrogens is 2. The van der Waals surface area contributed by atoms with Crippen LogP contribution in [0.2, 0.25) is 0 Å². The van der Waals surface area contributed by atoms with Gasteiger partial charge in [-0.25, -0.2) is 9.78 Å². The summed E-state index contributed by atoms with van der Waals surface area (Å²) in [6.45, 7) is 0. The maximum atomic E-state index is 13.3. The Labute approximate surface area is 178 Å². The van der Waals surface area contributed by atoms with E-state index in [0.717, 1.165) is 34.9 Å². The Balaban J connectivity index is 2.82. The van der Waals surface area contributed by atoms with E-state index in [4.69, 9.17) is 11.5 Å². The lowest BCUT2D eigenvalue weighted by atomic mass is 10.1. The molecule has 0 bridgehead atoms. The quantitative estimate of drug-likeness (QED) is 0.402. The zero-order valence-electron chi connectivity index (χ0n) is 16.1. The molecule has 0 spiro atoms. The van der Waals surface area contributed by atoms with Gasteiger partial charge in [-0.15, -0.1) is 11.8 Å². The van der Waals surface area contributed by atoms with Crippen LogP contribution in [0.1, 0.15) is 24.0 Å². The number of carboxylic acid groups (broad SMARTS) is 1. The molecule has 0 unspecified atom stereocenters. The summed E-state index contributed by atoms with van der Waals surface area (Å²) in [5, 5.41) is 19.5. The smallest absolute Gasteiger partial charge is 0.416 e. The molecule has 0 aliphatic heterocycles. The molecule has 9 nitrogen and oxygen atoms in total. The first-order valence-electron chi connectivity index (χ1n) is 8.58. The third-order valence-electron chi connectivity index (χ3n) is 4.12. The number of thioether (sulfide) groups is 1. The Morgan fingerprint density at radius 3 is 2.55 bits per heavy atom. The van der Waals surface area contributed by atoms with Crippen molar-refractivity contribution in [2.75, 3.05) is 16.9 Å². The molecule has 5 N–H and O–H groups in total. The number of benzene rings is 1. The van der Waals surface area contributed by atoms with E-state index in [9.17, 15) is 33.1 Å². The van der Waals surface area contributed by atoms with Crippen molar-refractivity contribution in [2.45, 2.75) is 30.1 Å². The SMILES string of the molecule is CSc1nc(N)nc(N(c2cccc(C(F)(F)F)c2)[C@@H](CCC(N)=O)C(=O)O)c1C#N. The molecule has 164 valence electrons. The van der Waals surface area contributed by atoms with Crippen LogP contribution < -0.4 is 16.4 Å². The van der Waals surface area contributed by atoms with Crippen molar-refractivity contribution < 1.29 is 27.9 Å². The lowest BCUT2D eigenvalue weighted by Gasteiger charge is -2.31. The predicted octanol–water partition coefficient (Wildman–Crippen LogP) is 2.53. The maximum Gasteiger partial charge on any atom is 0.416 e. The molecule has 1 aromatic carbocycles. The summed E-state index contributed by atoms with van der Waals surface area (Å²) in [5.41, 5.74) is 9.39. The van der Waals surface area contributed by atoms with E-state index in [1.54, 1.807) is 6.26 Å². The standard InChI is InChI=1S/C18H17F3N6O3S/c1-31-15-11(8-22)14(25-17(24)26-15)27(12(16(29)30)5-6-13(23)28)10-4-2-3-9(7-10)18(19,20)21/h2-4,7,12H,5-6H2,1H3,(H2,23,28)(H,29,30)(H2,24,25,26)/t12-/m0/s1. The minimum absolute atomic E-state index is 0.112. The topological polar surface area (TPSA) is 159 Å². The van der Waals surface area contributed by atoms with E-state index < -0.39 is 29.7 Å². The fraction of sp³-hybridized carbons (Fsp3) is 0.278. The number of aliphatic carboxylic acids is 1. The number of nitrogens with zero attached hydrogens (tertiary/aromatic N) is 4. The first-order chi connectivity index (χ1) is 14.5. The minimum atomic E-state index is -4.71. The zero-order valence-corrected chi connectivity index (χ0v) is 16.9. The molecule has 2 rings (SSSR count). The van der Waals surface area contributed by atoms with Crippen LogP contribution in [0.25, 0.3) is 0 Å². The summed E-state index contributed by atoms with van der Waals surface area (Å²) < 4.78 is 39.8. The molecule has 0 aliphatic carbocycles. The van der Waals surface area contributed by atoms with Gasteiger partial charge in [0.25, 0.3) is 0 Å². The van der Waals surface area contributed by atoms with Crippen molar-refractivity contribution >= 4 is 41.1 Å². The van der Waals surface area contributed by atoms with Crippen LogP contribution in [-0.4, -0.2) is 39.2 Å². The molecule has 13 heteroatoms. The molecular weight excluding hydrogens is 437 g/mol. The first kappa shape index (κ1) is 23.7. The molecule has 1 amide bonds. The largest absolute Gasteiger partial charge is 0.480 e. The maximum absolute atomic E-state index is 13.3. The summed E-state index contributed by atoms with van der Waals surface area (Å²) in [7, 11) is 0. The molecular formula is C18H17F3N6O3S. The Morgan fingerprint density at radius 2 is 2.03 bits per heavy atom. The number of nitrogens with two attached hydrogens (primary N) is 2. The van der Waals surface area contributed by atoms with E-state index >= 15 is 0 Å². The van der Waals surface area contributed by atoms with Gasteiger partial charge < -0.3 is 21.5 Å². The van der Waals surface area contributed by atoms with E-state index in [-0.39, 0.29) is 40.9 Å². The first-order valence-corrected chi connectivity index (χ1v) is 9.81. The van der Waals surface area contributed by atoms with Gasteiger partial charge >= 0.3 is 12.1 Å². The summed E-state index contributed by atoms with van der Waals surface area (Å²) in [6.07, 6.45) is -3.85. The number of hydrogen-bond donors (Lipinski definition) is 3. The molecule has 0 aliphatic rings. The average molecular weight is 454 g/mol. The van der Waals surface area contributed by atoms with Crippen LogP contribution in [0.4, 0.5) is 30.6 Å². The lowest BCUT2D eigenvalue weighted by molar-refractivity contribution is -0.138. The van der Waals surface area contributed by atoms with Gasteiger partial charge in [0.2, 0.25) is 11.9 Å². The number of carbonyl (C=O) groups is 2. The van der Waals surface area contributed by atoms with Crippen molar-refractivity contribution in [3.8, 4) is 6.07 Å². The van der Waals surface area contributed by atoms with E-state index in [2.05, 4.69) is 9.97 Å². The molecule has 0 radical (unpaired) electrons. The number of halogens is 3. The molecule has 0 saturated heterocycles. The number of carboxylic acids is 1. The van der Waals surface area contributed by atoms with E-state index in [1.807, 2.05) is 6.07 Å². The van der Waals surface area contributed by atoms with Gasteiger partial charge in [0.15, 0.2) is 5.82 Å². The number of nitrogen functional groups attached to an aromatic ring is 1. The van der Waals surface area contributed by atoms with Gasteiger partial charge in [0.05, 0.1) is 5.56 Å². The minimum Gasteiger partial charge on any atom is -0.480 e. The van der Waals surface area contributed by atoms with E-state index in [1.165, 1.54) is 6.07 Å². The van der Waals surface area contributed by atoms with Crippen LogP contribution in [0.3, 0.4) is 0 Å². The molecule has 2 aromatic rings. The number of alkyl halides is 3. The van der Waals surface area contributed by atoms with Crippen molar-refractivity contribution in [3.05, 3.63) is 35.4 Å². The third-order valence-corrected chi connectivity index (χ3v) is 4.80. The van der Waals surface area contributed by atoms with Gasteiger partial charge in [0, 0.05) is 12.1 Å². The number of nitriles is 1. The summed E-state index contributed by atoms with van der Waals surface area (Å²) in [4.78, 5) is 32.1. The number of primary amides is 1. The number of amides is 1. The summed E-state index contributed by atoms with van der Waals surface area (Å²) in [6, 6.07) is 4.12. The average Bonchev–Trinajstić information content (AvgIpc) is 2.69. The Hall–Kier alpha value is -3.53. The number of anilines is 3. The second-order valence-corrected chi connectivity index (χ2v) is 6.97. The van der Waals surface area contributed by atoms with Crippen molar-refractivity contribution in [1.82, 2.24) is 9.97 Å². The van der Waals surface area contributed by atoms with Gasteiger partial charge in [-0.2, -0.15) is 23.4 Å². The highest BCUT2D eigenvalue weighted by Crippen LogP contribution is 2.37.